The van der Waals surface area contributed by atoms with Gasteiger partial charge in [-0.1, -0.05) is 29.8 Å². The van der Waals surface area contributed by atoms with E-state index in [4.69, 9.17) is 0 Å². The first-order valence-corrected chi connectivity index (χ1v) is 7.72. The van der Waals surface area contributed by atoms with E-state index in [1.807, 2.05) is 26.0 Å². The molecular weight excluding hydrogens is 290 g/mol. The molecule has 0 radical (unpaired) electrons. The molecule has 90 valence electrons. The van der Waals surface area contributed by atoms with Crippen molar-refractivity contribution in [1.29, 1.82) is 0 Å². The maximum absolute atomic E-state index is 11.6. The van der Waals surface area contributed by atoms with E-state index in [9.17, 15) is 8.42 Å². The highest BCUT2D eigenvalue weighted by Gasteiger charge is 2.11. The van der Waals surface area contributed by atoms with Gasteiger partial charge >= 0.3 is 0 Å². The van der Waals surface area contributed by atoms with Crippen molar-refractivity contribution in [2.24, 2.45) is 0 Å². The molecular formula is C11H16BrNO2S. The molecule has 1 N–H and O–H groups in total. The first-order valence-electron chi connectivity index (χ1n) is 5.27. The molecule has 0 aliphatic rings. The number of hydrogen-bond donors (Lipinski definition) is 1. The minimum absolute atomic E-state index is 0.159. The van der Waals surface area contributed by atoms with E-state index in [2.05, 4.69) is 20.7 Å². The monoisotopic (exact) mass is 305 g/mol. The summed E-state index contributed by atoms with van der Waals surface area (Å²) in [6.07, 6.45) is 1.41. The van der Waals surface area contributed by atoms with Crippen LogP contribution in [0.15, 0.2) is 22.7 Å². The minimum atomic E-state index is -3.20. The third-order valence-electron chi connectivity index (χ3n) is 2.19. The zero-order valence-electron chi connectivity index (χ0n) is 9.46. The molecule has 5 heteroatoms. The van der Waals surface area contributed by atoms with E-state index < -0.39 is 10.0 Å². The minimum Gasteiger partial charge on any atom is -0.283 e. The van der Waals surface area contributed by atoms with Crippen LogP contribution in [0.25, 0.3) is 0 Å². The van der Waals surface area contributed by atoms with E-state index in [0.29, 0.717) is 12.1 Å². The summed E-state index contributed by atoms with van der Waals surface area (Å²) >= 11 is 3.37. The topological polar surface area (TPSA) is 46.2 Å². The number of hydrogen-bond acceptors (Lipinski definition) is 2. The Bertz CT molecular complexity index is 457. The van der Waals surface area contributed by atoms with Crippen molar-refractivity contribution in [2.45, 2.75) is 26.7 Å². The van der Waals surface area contributed by atoms with Crippen LogP contribution in [0.5, 0.6) is 0 Å². The predicted molar refractivity (Wildman–Crippen MR) is 71.2 cm³/mol. The summed E-state index contributed by atoms with van der Waals surface area (Å²) in [4.78, 5) is 0. The van der Waals surface area contributed by atoms with Crippen LogP contribution in [0.1, 0.15) is 25.8 Å². The van der Waals surface area contributed by atoms with Crippen LogP contribution in [-0.2, 0) is 16.4 Å². The number of aryl methyl sites for hydroxylation is 1. The van der Waals surface area contributed by atoms with Gasteiger partial charge in [0.15, 0.2) is 0 Å². The number of benzene rings is 1. The first-order chi connectivity index (χ1) is 7.48. The van der Waals surface area contributed by atoms with Crippen LogP contribution >= 0.6 is 15.9 Å². The fourth-order valence-corrected chi connectivity index (χ4v) is 3.02. The summed E-state index contributed by atoms with van der Waals surface area (Å²) in [6, 6.07) is 5.56. The molecule has 0 fully saturated rings. The van der Waals surface area contributed by atoms with Gasteiger partial charge in [-0.3, -0.25) is 4.72 Å². The molecule has 1 aromatic rings. The summed E-state index contributed by atoms with van der Waals surface area (Å²) in [5, 5.41) is 0. The van der Waals surface area contributed by atoms with Crippen LogP contribution in [0.2, 0.25) is 0 Å². The quantitative estimate of drug-likeness (QED) is 0.908. The molecule has 0 aliphatic carbocycles. The molecule has 0 saturated carbocycles. The lowest BCUT2D eigenvalue weighted by Crippen LogP contribution is -2.17. The van der Waals surface area contributed by atoms with Gasteiger partial charge in [0.25, 0.3) is 0 Å². The van der Waals surface area contributed by atoms with Crippen molar-refractivity contribution in [3.8, 4) is 0 Å². The van der Waals surface area contributed by atoms with Gasteiger partial charge in [0.2, 0.25) is 10.0 Å². The van der Waals surface area contributed by atoms with Gasteiger partial charge in [0.05, 0.1) is 11.4 Å². The standard InChI is InChI=1S/C11H16BrNO2S/c1-3-7-16(14,15)13-11-6-5-10(12)8-9(11)4-2/h5-6,8,13H,3-4,7H2,1-2H3. The van der Waals surface area contributed by atoms with Gasteiger partial charge in [-0.2, -0.15) is 0 Å². The summed E-state index contributed by atoms with van der Waals surface area (Å²) in [7, 11) is -3.20. The van der Waals surface area contributed by atoms with E-state index >= 15 is 0 Å². The Hall–Kier alpha value is -0.550. The second kappa shape index (κ2) is 5.68. The Labute approximate surface area is 105 Å². The Morgan fingerprint density at radius 2 is 2.00 bits per heavy atom. The van der Waals surface area contributed by atoms with Crippen LogP contribution in [0, 0.1) is 0 Å². The van der Waals surface area contributed by atoms with E-state index in [0.717, 1.165) is 16.5 Å². The Morgan fingerprint density at radius 3 is 2.56 bits per heavy atom. The van der Waals surface area contributed by atoms with Gasteiger partial charge in [0.1, 0.15) is 0 Å². The lowest BCUT2D eigenvalue weighted by Gasteiger charge is -2.11. The van der Waals surface area contributed by atoms with E-state index in [-0.39, 0.29) is 5.75 Å². The molecule has 1 aromatic carbocycles. The van der Waals surface area contributed by atoms with Gasteiger partial charge in [-0.15, -0.1) is 0 Å². The number of halogens is 1. The fraction of sp³-hybridized carbons (Fsp3) is 0.455. The van der Waals surface area contributed by atoms with Crippen molar-refractivity contribution in [3.63, 3.8) is 0 Å². The van der Waals surface area contributed by atoms with Crippen molar-refractivity contribution in [2.75, 3.05) is 10.5 Å². The molecule has 16 heavy (non-hydrogen) atoms. The predicted octanol–water partition coefficient (Wildman–Crippen LogP) is 3.16. The van der Waals surface area contributed by atoms with Crippen LogP contribution < -0.4 is 4.72 Å². The average molecular weight is 306 g/mol. The number of sulfonamides is 1. The Kier molecular flexibility index (Phi) is 4.80. The summed E-state index contributed by atoms with van der Waals surface area (Å²) in [5.74, 6) is 0.159. The number of nitrogens with one attached hydrogen (secondary N) is 1. The zero-order chi connectivity index (χ0) is 12.2. The number of anilines is 1. The van der Waals surface area contributed by atoms with E-state index in [1.54, 1.807) is 6.07 Å². The van der Waals surface area contributed by atoms with E-state index in [1.165, 1.54) is 0 Å². The smallest absolute Gasteiger partial charge is 0.232 e. The molecule has 0 spiro atoms. The molecule has 0 atom stereocenters. The van der Waals surface area contributed by atoms with Crippen LogP contribution in [-0.4, -0.2) is 14.2 Å². The van der Waals surface area contributed by atoms with Crippen molar-refractivity contribution >= 4 is 31.6 Å². The molecule has 0 heterocycles. The molecule has 0 aromatic heterocycles. The fourth-order valence-electron chi connectivity index (χ4n) is 1.44. The van der Waals surface area contributed by atoms with Crippen molar-refractivity contribution in [1.82, 2.24) is 0 Å². The maximum atomic E-state index is 11.6. The first kappa shape index (κ1) is 13.5. The summed E-state index contributed by atoms with van der Waals surface area (Å²) in [6.45, 7) is 3.85. The second-order valence-electron chi connectivity index (χ2n) is 3.58. The lowest BCUT2D eigenvalue weighted by atomic mass is 10.1. The summed E-state index contributed by atoms with van der Waals surface area (Å²) < 4.78 is 26.8. The maximum Gasteiger partial charge on any atom is 0.232 e. The van der Waals surface area contributed by atoms with Gasteiger partial charge in [-0.25, -0.2) is 8.42 Å². The highest BCUT2D eigenvalue weighted by molar-refractivity contribution is 9.10. The van der Waals surface area contributed by atoms with Gasteiger partial charge in [-0.05, 0) is 36.6 Å². The SMILES string of the molecule is CCCS(=O)(=O)Nc1ccc(Br)cc1CC. The molecule has 0 amide bonds. The Balaban J connectivity index is 2.97. The van der Waals surface area contributed by atoms with Crippen molar-refractivity contribution in [3.05, 3.63) is 28.2 Å². The molecule has 0 bridgehead atoms. The van der Waals surface area contributed by atoms with Crippen molar-refractivity contribution < 1.29 is 8.42 Å². The van der Waals surface area contributed by atoms with Crippen LogP contribution in [0.3, 0.4) is 0 Å². The summed E-state index contributed by atoms with van der Waals surface area (Å²) in [5.41, 5.74) is 1.67. The largest absolute Gasteiger partial charge is 0.283 e. The average Bonchev–Trinajstić information content (AvgIpc) is 2.20. The Morgan fingerprint density at radius 1 is 1.31 bits per heavy atom. The molecule has 0 unspecified atom stereocenters. The van der Waals surface area contributed by atoms with Gasteiger partial charge < -0.3 is 0 Å². The number of rotatable bonds is 5. The third kappa shape index (κ3) is 3.79. The molecule has 3 nitrogen and oxygen atoms in total. The van der Waals surface area contributed by atoms with Gasteiger partial charge in [0, 0.05) is 4.47 Å². The molecule has 0 saturated heterocycles. The zero-order valence-corrected chi connectivity index (χ0v) is 11.9. The normalized spacial score (nSPS) is 11.4. The van der Waals surface area contributed by atoms with Crippen LogP contribution in [0.4, 0.5) is 5.69 Å². The third-order valence-corrected chi connectivity index (χ3v) is 4.16. The lowest BCUT2D eigenvalue weighted by molar-refractivity contribution is 0.600. The highest BCUT2D eigenvalue weighted by Crippen LogP contribution is 2.22. The molecule has 1 rings (SSSR count). The second-order valence-corrected chi connectivity index (χ2v) is 6.33. The molecule has 0 aliphatic heterocycles. The highest BCUT2D eigenvalue weighted by atomic mass is 79.9.